The molecular weight excluding hydrogens is 180 g/mol. The van der Waals surface area contributed by atoms with Gasteiger partial charge in [0.15, 0.2) is 0 Å². The van der Waals surface area contributed by atoms with E-state index < -0.39 is 0 Å². The Morgan fingerprint density at radius 1 is 0.867 bits per heavy atom. The van der Waals surface area contributed by atoms with Crippen molar-refractivity contribution in [1.82, 2.24) is 0 Å². The molecule has 15 heavy (non-hydrogen) atoms. The maximum Gasteiger partial charge on any atom is -0.0239 e. The van der Waals surface area contributed by atoms with Crippen LogP contribution in [-0.2, 0) is 12.8 Å². The molecule has 0 atom stereocenters. The predicted octanol–water partition coefficient (Wildman–Crippen LogP) is 4.54. The Bertz CT molecular complexity index is 292. The number of benzene rings is 1. The SMILES string of the molecule is CC.CC=C1CCc2ccccc2CC1. The van der Waals surface area contributed by atoms with E-state index in [4.69, 9.17) is 0 Å². The van der Waals surface area contributed by atoms with Gasteiger partial charge in [-0.15, -0.1) is 0 Å². The molecule has 1 aliphatic carbocycles. The fourth-order valence-electron chi connectivity index (χ4n) is 2.05. The van der Waals surface area contributed by atoms with Crippen LogP contribution in [0.25, 0.3) is 0 Å². The van der Waals surface area contributed by atoms with Gasteiger partial charge in [-0.3, -0.25) is 0 Å². The van der Waals surface area contributed by atoms with Gasteiger partial charge in [0.25, 0.3) is 0 Å². The highest BCUT2D eigenvalue weighted by Crippen LogP contribution is 2.23. The monoisotopic (exact) mass is 202 g/mol. The number of fused-ring (bicyclic) bond motifs is 1. The summed E-state index contributed by atoms with van der Waals surface area (Å²) in [6.45, 7) is 6.16. The molecule has 1 aliphatic rings. The van der Waals surface area contributed by atoms with Crippen LogP contribution in [0, 0.1) is 0 Å². The number of aryl methyl sites for hydroxylation is 2. The molecule has 0 unspecified atom stereocenters. The van der Waals surface area contributed by atoms with E-state index in [-0.39, 0.29) is 0 Å². The molecule has 0 saturated heterocycles. The van der Waals surface area contributed by atoms with Gasteiger partial charge in [-0.2, -0.15) is 0 Å². The summed E-state index contributed by atoms with van der Waals surface area (Å²) in [4.78, 5) is 0. The zero-order valence-electron chi connectivity index (χ0n) is 10.2. The molecule has 0 amide bonds. The van der Waals surface area contributed by atoms with Crippen molar-refractivity contribution >= 4 is 0 Å². The van der Waals surface area contributed by atoms with Gasteiger partial charge in [0, 0.05) is 0 Å². The molecule has 0 aromatic heterocycles. The van der Waals surface area contributed by atoms with Crippen molar-refractivity contribution in [1.29, 1.82) is 0 Å². The maximum atomic E-state index is 2.28. The molecule has 82 valence electrons. The van der Waals surface area contributed by atoms with E-state index in [1.165, 1.54) is 25.7 Å². The lowest BCUT2D eigenvalue weighted by atomic mass is 10.0. The summed E-state index contributed by atoms with van der Waals surface area (Å²) in [5.74, 6) is 0. The van der Waals surface area contributed by atoms with Crippen molar-refractivity contribution in [2.45, 2.75) is 46.5 Å². The quantitative estimate of drug-likeness (QED) is 0.428. The van der Waals surface area contributed by atoms with E-state index in [1.807, 2.05) is 13.8 Å². The average molecular weight is 202 g/mol. The van der Waals surface area contributed by atoms with E-state index >= 15 is 0 Å². The molecule has 0 aliphatic heterocycles. The first-order valence-corrected chi connectivity index (χ1v) is 6.11. The van der Waals surface area contributed by atoms with Crippen molar-refractivity contribution in [3.05, 3.63) is 47.0 Å². The minimum absolute atomic E-state index is 1.23. The molecule has 0 radical (unpaired) electrons. The number of allylic oxidation sites excluding steroid dienone is 2. The van der Waals surface area contributed by atoms with Gasteiger partial charge >= 0.3 is 0 Å². The van der Waals surface area contributed by atoms with Crippen LogP contribution in [0.2, 0.25) is 0 Å². The van der Waals surface area contributed by atoms with Crippen LogP contribution in [0.1, 0.15) is 44.7 Å². The molecule has 2 rings (SSSR count). The van der Waals surface area contributed by atoms with Crippen molar-refractivity contribution in [3.8, 4) is 0 Å². The van der Waals surface area contributed by atoms with Crippen LogP contribution in [0.4, 0.5) is 0 Å². The first kappa shape index (κ1) is 12.0. The van der Waals surface area contributed by atoms with Crippen LogP contribution >= 0.6 is 0 Å². The summed E-state index contributed by atoms with van der Waals surface area (Å²) >= 11 is 0. The van der Waals surface area contributed by atoms with Crippen molar-refractivity contribution < 1.29 is 0 Å². The molecule has 0 nitrogen and oxygen atoms in total. The summed E-state index contributed by atoms with van der Waals surface area (Å²) in [5, 5.41) is 0. The summed E-state index contributed by atoms with van der Waals surface area (Å²) in [6.07, 6.45) is 7.26. The second kappa shape index (κ2) is 6.44. The number of hydrogen-bond acceptors (Lipinski definition) is 0. The zero-order chi connectivity index (χ0) is 11.1. The van der Waals surface area contributed by atoms with Gasteiger partial charge in [-0.25, -0.2) is 0 Å². The molecule has 0 saturated carbocycles. The highest BCUT2D eigenvalue weighted by molar-refractivity contribution is 5.30. The van der Waals surface area contributed by atoms with Crippen LogP contribution < -0.4 is 0 Å². The van der Waals surface area contributed by atoms with E-state index in [2.05, 4.69) is 37.3 Å². The van der Waals surface area contributed by atoms with Crippen LogP contribution in [-0.4, -0.2) is 0 Å². The maximum absolute atomic E-state index is 2.28. The molecule has 0 N–H and O–H groups in total. The Labute approximate surface area is 94.0 Å². The van der Waals surface area contributed by atoms with E-state index in [9.17, 15) is 0 Å². The highest BCUT2D eigenvalue weighted by atomic mass is 14.1. The molecule has 0 heterocycles. The van der Waals surface area contributed by atoms with Crippen LogP contribution in [0.5, 0.6) is 0 Å². The van der Waals surface area contributed by atoms with Crippen LogP contribution in [0.3, 0.4) is 0 Å². The normalized spacial score (nSPS) is 14.5. The molecule has 0 fully saturated rings. The Balaban J connectivity index is 0.000000531. The Hall–Kier alpha value is -1.04. The first-order chi connectivity index (χ1) is 7.40. The van der Waals surface area contributed by atoms with Crippen LogP contribution in [0.15, 0.2) is 35.9 Å². The minimum atomic E-state index is 1.23. The van der Waals surface area contributed by atoms with Gasteiger partial charge in [-0.05, 0) is 43.7 Å². The lowest BCUT2D eigenvalue weighted by molar-refractivity contribution is 0.886. The number of hydrogen-bond donors (Lipinski definition) is 0. The summed E-state index contributed by atoms with van der Waals surface area (Å²) in [7, 11) is 0. The average Bonchev–Trinajstić information content (AvgIpc) is 2.54. The Morgan fingerprint density at radius 2 is 1.33 bits per heavy atom. The van der Waals surface area contributed by atoms with E-state index in [1.54, 1.807) is 16.7 Å². The van der Waals surface area contributed by atoms with Gasteiger partial charge in [0.1, 0.15) is 0 Å². The Kier molecular flexibility index (Phi) is 5.17. The topological polar surface area (TPSA) is 0 Å². The van der Waals surface area contributed by atoms with Gasteiger partial charge in [0.2, 0.25) is 0 Å². The lowest BCUT2D eigenvalue weighted by Gasteiger charge is -2.02. The zero-order valence-corrected chi connectivity index (χ0v) is 10.2. The van der Waals surface area contributed by atoms with Crippen molar-refractivity contribution in [2.24, 2.45) is 0 Å². The molecular formula is C15H22. The highest BCUT2D eigenvalue weighted by Gasteiger charge is 2.08. The third kappa shape index (κ3) is 3.23. The van der Waals surface area contributed by atoms with Crippen molar-refractivity contribution in [2.75, 3.05) is 0 Å². The molecule has 1 aromatic rings. The smallest absolute Gasteiger partial charge is 0.0239 e. The Morgan fingerprint density at radius 3 is 1.73 bits per heavy atom. The largest absolute Gasteiger partial charge is 0.0884 e. The fourth-order valence-corrected chi connectivity index (χ4v) is 2.05. The molecule has 0 spiro atoms. The standard InChI is InChI=1S/C13H16.C2H6/c1-2-11-7-9-12-5-3-4-6-13(12)10-8-11;1-2/h2-6H,7-10H2,1H3;1-2H3. The predicted molar refractivity (Wildman–Crippen MR) is 68.2 cm³/mol. The van der Waals surface area contributed by atoms with Gasteiger partial charge in [-0.1, -0.05) is 49.8 Å². The fraction of sp³-hybridized carbons (Fsp3) is 0.467. The molecule has 0 heteroatoms. The van der Waals surface area contributed by atoms with E-state index in [0.717, 1.165) is 0 Å². The van der Waals surface area contributed by atoms with Gasteiger partial charge < -0.3 is 0 Å². The summed E-state index contributed by atoms with van der Waals surface area (Å²) in [6, 6.07) is 8.85. The van der Waals surface area contributed by atoms with Gasteiger partial charge in [0.05, 0.1) is 0 Å². The van der Waals surface area contributed by atoms with Crippen molar-refractivity contribution in [3.63, 3.8) is 0 Å². The lowest BCUT2D eigenvalue weighted by Crippen LogP contribution is -1.88. The third-order valence-corrected chi connectivity index (χ3v) is 2.96. The minimum Gasteiger partial charge on any atom is -0.0884 e. The second-order valence-corrected chi connectivity index (χ2v) is 3.72. The second-order valence-electron chi connectivity index (χ2n) is 3.72. The number of rotatable bonds is 0. The summed E-state index contributed by atoms with van der Waals surface area (Å²) in [5.41, 5.74) is 4.73. The molecule has 0 bridgehead atoms. The summed E-state index contributed by atoms with van der Waals surface area (Å²) < 4.78 is 0. The first-order valence-electron chi connectivity index (χ1n) is 6.11. The third-order valence-electron chi connectivity index (χ3n) is 2.96. The van der Waals surface area contributed by atoms with E-state index in [0.29, 0.717) is 0 Å². The molecule has 1 aromatic carbocycles.